The van der Waals surface area contributed by atoms with Crippen LogP contribution in [0.4, 0.5) is 0 Å². The van der Waals surface area contributed by atoms with Gasteiger partial charge in [-0.25, -0.2) is 0 Å². The molecule has 0 aromatic carbocycles. The molecule has 0 aromatic heterocycles. The van der Waals surface area contributed by atoms with Crippen molar-refractivity contribution >= 4 is 0 Å². The molecule has 2 unspecified atom stereocenters. The van der Waals surface area contributed by atoms with E-state index in [1.54, 1.807) is 7.11 Å². The molecule has 0 amide bonds. The van der Waals surface area contributed by atoms with Gasteiger partial charge in [0.2, 0.25) is 0 Å². The number of ether oxygens (including phenoxy) is 1. The van der Waals surface area contributed by atoms with Crippen LogP contribution in [0.1, 0.15) is 47.0 Å². The van der Waals surface area contributed by atoms with Crippen LogP contribution in [0.5, 0.6) is 0 Å². The van der Waals surface area contributed by atoms with Gasteiger partial charge < -0.3 is 9.84 Å². The van der Waals surface area contributed by atoms with Gasteiger partial charge in [-0.1, -0.05) is 13.3 Å². The second kappa shape index (κ2) is 5.61. The van der Waals surface area contributed by atoms with E-state index in [1.165, 1.54) is 0 Å². The molecule has 2 nitrogen and oxygen atoms in total. The lowest BCUT2D eigenvalue weighted by atomic mass is 9.90. The van der Waals surface area contributed by atoms with Crippen molar-refractivity contribution in [1.29, 1.82) is 0 Å². The maximum absolute atomic E-state index is 9.44. The van der Waals surface area contributed by atoms with E-state index < -0.39 is 0 Å². The maximum Gasteiger partial charge on any atom is 0.0622 e. The molecule has 0 saturated carbocycles. The van der Waals surface area contributed by atoms with Crippen molar-refractivity contribution in [2.24, 2.45) is 5.92 Å². The first-order valence-corrected chi connectivity index (χ1v) is 5.16. The maximum atomic E-state index is 9.44. The van der Waals surface area contributed by atoms with Crippen molar-refractivity contribution in [3.8, 4) is 0 Å². The number of hydrogen-bond acceptors (Lipinski definition) is 2. The average Bonchev–Trinajstić information content (AvgIpc) is 2.05. The fourth-order valence-electron chi connectivity index (χ4n) is 1.42. The highest BCUT2D eigenvalue weighted by Crippen LogP contribution is 2.22. The normalized spacial score (nSPS) is 17.1. The van der Waals surface area contributed by atoms with Crippen LogP contribution in [0.3, 0.4) is 0 Å². The Labute approximate surface area is 82.3 Å². The molecule has 2 atom stereocenters. The summed E-state index contributed by atoms with van der Waals surface area (Å²) in [5.74, 6) is 0.412. The van der Waals surface area contributed by atoms with Gasteiger partial charge in [0.15, 0.2) is 0 Å². The molecule has 0 aromatic rings. The van der Waals surface area contributed by atoms with Crippen LogP contribution >= 0.6 is 0 Å². The minimum absolute atomic E-state index is 0.0533. The first-order chi connectivity index (χ1) is 5.93. The Morgan fingerprint density at radius 2 is 1.92 bits per heavy atom. The molecule has 0 aliphatic heterocycles. The second-order valence-electron chi connectivity index (χ2n) is 4.41. The van der Waals surface area contributed by atoms with Crippen LogP contribution in [-0.2, 0) is 4.74 Å². The van der Waals surface area contributed by atoms with Crippen molar-refractivity contribution in [2.75, 3.05) is 7.11 Å². The molecule has 0 aliphatic rings. The number of methoxy groups -OCH3 is 1. The predicted octanol–water partition coefficient (Wildman–Crippen LogP) is 2.60. The minimum atomic E-state index is -0.197. The highest BCUT2D eigenvalue weighted by Gasteiger charge is 2.20. The zero-order valence-corrected chi connectivity index (χ0v) is 9.63. The van der Waals surface area contributed by atoms with E-state index in [9.17, 15) is 5.11 Å². The largest absolute Gasteiger partial charge is 0.393 e. The summed E-state index contributed by atoms with van der Waals surface area (Å²) < 4.78 is 5.33. The lowest BCUT2D eigenvalue weighted by Crippen LogP contribution is -2.25. The molecule has 0 spiro atoms. The van der Waals surface area contributed by atoms with Crippen LogP contribution in [-0.4, -0.2) is 23.9 Å². The summed E-state index contributed by atoms with van der Waals surface area (Å²) in [6.45, 7) is 8.16. The van der Waals surface area contributed by atoms with Crippen molar-refractivity contribution in [3.63, 3.8) is 0 Å². The highest BCUT2D eigenvalue weighted by atomic mass is 16.5. The molecule has 0 radical (unpaired) electrons. The first-order valence-electron chi connectivity index (χ1n) is 5.16. The van der Waals surface area contributed by atoms with Gasteiger partial charge in [-0.15, -0.1) is 0 Å². The fourth-order valence-corrected chi connectivity index (χ4v) is 1.42. The SMILES string of the molecule is CCC(CCC(C)(C)OC)C(C)O. The molecule has 13 heavy (non-hydrogen) atoms. The van der Waals surface area contributed by atoms with Gasteiger partial charge in [-0.05, 0) is 39.5 Å². The van der Waals surface area contributed by atoms with E-state index in [0.29, 0.717) is 5.92 Å². The lowest BCUT2D eigenvalue weighted by Gasteiger charge is -2.26. The van der Waals surface area contributed by atoms with Crippen molar-refractivity contribution < 1.29 is 9.84 Å². The Balaban J connectivity index is 3.85. The van der Waals surface area contributed by atoms with E-state index in [-0.39, 0.29) is 11.7 Å². The van der Waals surface area contributed by atoms with E-state index in [4.69, 9.17) is 4.74 Å². The zero-order chi connectivity index (χ0) is 10.5. The molecular formula is C11H24O2. The summed E-state index contributed by atoms with van der Waals surface area (Å²) in [7, 11) is 1.74. The van der Waals surface area contributed by atoms with E-state index >= 15 is 0 Å². The lowest BCUT2D eigenvalue weighted by molar-refractivity contribution is 0.00353. The number of aliphatic hydroxyl groups is 1. The quantitative estimate of drug-likeness (QED) is 0.694. The molecule has 0 bridgehead atoms. The summed E-state index contributed by atoms with van der Waals surface area (Å²) in [6.07, 6.45) is 2.89. The fraction of sp³-hybridized carbons (Fsp3) is 1.00. The summed E-state index contributed by atoms with van der Waals surface area (Å²) in [6, 6.07) is 0. The van der Waals surface area contributed by atoms with E-state index in [1.807, 2.05) is 6.92 Å². The Morgan fingerprint density at radius 1 is 1.38 bits per heavy atom. The first kappa shape index (κ1) is 12.9. The van der Waals surface area contributed by atoms with Gasteiger partial charge in [0.25, 0.3) is 0 Å². The third-order valence-electron chi connectivity index (χ3n) is 2.88. The van der Waals surface area contributed by atoms with Crippen LogP contribution in [0.15, 0.2) is 0 Å². The molecule has 2 heteroatoms. The average molecular weight is 188 g/mol. The molecule has 0 rings (SSSR count). The number of rotatable bonds is 6. The van der Waals surface area contributed by atoms with E-state index in [0.717, 1.165) is 19.3 Å². The standard InChI is InChI=1S/C11H24O2/c1-6-10(9(2)12)7-8-11(3,4)13-5/h9-10,12H,6-8H2,1-5H3. The van der Waals surface area contributed by atoms with Gasteiger partial charge >= 0.3 is 0 Å². The number of aliphatic hydroxyl groups excluding tert-OH is 1. The molecular weight excluding hydrogens is 164 g/mol. The summed E-state index contributed by atoms with van der Waals surface area (Å²) >= 11 is 0. The summed E-state index contributed by atoms with van der Waals surface area (Å²) in [5.41, 5.74) is -0.0533. The van der Waals surface area contributed by atoms with Gasteiger partial charge in [-0.2, -0.15) is 0 Å². The van der Waals surface area contributed by atoms with E-state index in [2.05, 4.69) is 20.8 Å². The number of hydrogen-bond donors (Lipinski definition) is 1. The Hall–Kier alpha value is -0.0800. The third-order valence-corrected chi connectivity index (χ3v) is 2.88. The summed E-state index contributed by atoms with van der Waals surface area (Å²) in [4.78, 5) is 0. The Kier molecular flexibility index (Phi) is 5.57. The smallest absolute Gasteiger partial charge is 0.0622 e. The zero-order valence-electron chi connectivity index (χ0n) is 9.63. The molecule has 0 heterocycles. The molecule has 0 saturated heterocycles. The second-order valence-corrected chi connectivity index (χ2v) is 4.41. The van der Waals surface area contributed by atoms with Gasteiger partial charge in [0, 0.05) is 7.11 Å². The van der Waals surface area contributed by atoms with Crippen LogP contribution in [0, 0.1) is 5.92 Å². The van der Waals surface area contributed by atoms with Gasteiger partial charge in [-0.3, -0.25) is 0 Å². The molecule has 1 N–H and O–H groups in total. The third kappa shape index (κ3) is 5.27. The van der Waals surface area contributed by atoms with Crippen molar-refractivity contribution in [1.82, 2.24) is 0 Å². The van der Waals surface area contributed by atoms with Crippen LogP contribution in [0.2, 0.25) is 0 Å². The molecule has 80 valence electrons. The van der Waals surface area contributed by atoms with Crippen molar-refractivity contribution in [3.05, 3.63) is 0 Å². The minimum Gasteiger partial charge on any atom is -0.393 e. The van der Waals surface area contributed by atoms with Gasteiger partial charge in [0.1, 0.15) is 0 Å². The van der Waals surface area contributed by atoms with Gasteiger partial charge in [0.05, 0.1) is 11.7 Å². The topological polar surface area (TPSA) is 29.5 Å². The van der Waals surface area contributed by atoms with Crippen molar-refractivity contribution in [2.45, 2.75) is 58.7 Å². The molecule has 0 aliphatic carbocycles. The summed E-state index contributed by atoms with van der Waals surface area (Å²) in [5, 5.41) is 9.44. The Bertz CT molecular complexity index is 130. The monoisotopic (exact) mass is 188 g/mol. The molecule has 0 fully saturated rings. The highest BCUT2D eigenvalue weighted by molar-refractivity contribution is 4.72. The van der Waals surface area contributed by atoms with Crippen LogP contribution < -0.4 is 0 Å². The van der Waals surface area contributed by atoms with Crippen LogP contribution in [0.25, 0.3) is 0 Å². The Morgan fingerprint density at radius 3 is 2.23 bits per heavy atom. The predicted molar refractivity (Wildman–Crippen MR) is 55.8 cm³/mol.